The molecule has 0 aliphatic rings. The highest BCUT2D eigenvalue weighted by Crippen LogP contribution is 2.01. The highest BCUT2D eigenvalue weighted by atomic mass is 16.5. The van der Waals surface area contributed by atoms with Crippen LogP contribution in [0.15, 0.2) is 46.1 Å². The van der Waals surface area contributed by atoms with Gasteiger partial charge in [-0.05, 0) is 18.6 Å². The number of carbonyl (C=O) groups excluding carboxylic acids is 1. The summed E-state index contributed by atoms with van der Waals surface area (Å²) in [5.41, 5.74) is -1.24. The molecule has 0 spiro atoms. The summed E-state index contributed by atoms with van der Waals surface area (Å²) in [6, 6.07) is 7.95. The third-order valence-electron chi connectivity index (χ3n) is 2.95. The summed E-state index contributed by atoms with van der Waals surface area (Å²) in [6.07, 6.45) is -0.410. The maximum Gasteiger partial charge on any atom is 0.335 e. The first-order chi connectivity index (χ1) is 10.0. The summed E-state index contributed by atoms with van der Waals surface area (Å²) in [5, 5.41) is 17.6. The Labute approximate surface area is 119 Å². The van der Waals surface area contributed by atoms with Crippen LogP contribution in [0.3, 0.4) is 0 Å². The minimum atomic E-state index is -1.56. The molecule has 0 bridgehead atoms. The number of nitrogens with zero attached hydrogens (tertiary/aromatic N) is 1. The third kappa shape index (κ3) is 3.33. The fourth-order valence-corrected chi connectivity index (χ4v) is 1.87. The second-order valence-electron chi connectivity index (χ2n) is 4.45. The van der Waals surface area contributed by atoms with Crippen LogP contribution in [0, 0.1) is 0 Å². The number of benzene rings is 1. The van der Waals surface area contributed by atoms with Gasteiger partial charge < -0.3 is 15.2 Å². The lowest BCUT2D eigenvalue weighted by Crippen LogP contribution is -2.41. The molecule has 0 radical (unpaired) electrons. The summed E-state index contributed by atoms with van der Waals surface area (Å²) in [7, 11) is 0. The van der Waals surface area contributed by atoms with Crippen molar-refractivity contribution >= 4 is 5.91 Å². The normalized spacial score (nSPS) is 10.8. The summed E-state index contributed by atoms with van der Waals surface area (Å²) in [4.78, 5) is 38.4. The third-order valence-corrected chi connectivity index (χ3v) is 2.95. The molecule has 1 aromatic heterocycles. The molecule has 2 rings (SSSR count). The van der Waals surface area contributed by atoms with Gasteiger partial charge in [0.2, 0.25) is 0 Å². The maximum atomic E-state index is 12.2. The molecule has 0 fully saturated rings. The second kappa shape index (κ2) is 6.29. The number of aromatic amines is 1. The summed E-state index contributed by atoms with van der Waals surface area (Å²) in [6.45, 7) is 0. The van der Waals surface area contributed by atoms with Crippen LogP contribution >= 0.6 is 0 Å². The number of rotatable bonds is 4. The highest BCUT2D eigenvalue weighted by Gasteiger charge is 2.16. The van der Waals surface area contributed by atoms with Gasteiger partial charge >= 0.3 is 5.69 Å². The molecule has 2 aromatic rings. The zero-order valence-corrected chi connectivity index (χ0v) is 11.0. The van der Waals surface area contributed by atoms with E-state index in [4.69, 9.17) is 10.2 Å². The van der Waals surface area contributed by atoms with Gasteiger partial charge in [-0.3, -0.25) is 9.59 Å². The lowest BCUT2D eigenvalue weighted by Gasteiger charge is -2.07. The molecule has 0 aliphatic heterocycles. The van der Waals surface area contributed by atoms with Gasteiger partial charge in [0.15, 0.2) is 6.29 Å². The van der Waals surface area contributed by atoms with Gasteiger partial charge in [0.25, 0.3) is 11.5 Å². The van der Waals surface area contributed by atoms with Crippen molar-refractivity contribution in [2.75, 3.05) is 0 Å². The van der Waals surface area contributed by atoms with E-state index < -0.39 is 23.4 Å². The topological polar surface area (TPSA) is 112 Å². The van der Waals surface area contributed by atoms with Crippen molar-refractivity contribution in [2.24, 2.45) is 0 Å². The van der Waals surface area contributed by atoms with Crippen molar-refractivity contribution in [2.45, 2.75) is 19.1 Å². The standard InChI is InChI=1S/C14H14N2O5/c17-11(18)7-6-10-8-15-14(21)16(13(10)20)12(19)9-4-2-1-3-5-9/h1-5,8,11,17-18H,6-7H2,(H,15,21). The van der Waals surface area contributed by atoms with Crippen LogP contribution in [0.5, 0.6) is 0 Å². The average Bonchev–Trinajstić information content (AvgIpc) is 2.47. The molecule has 0 saturated carbocycles. The number of aliphatic hydroxyl groups excluding tert-OH is 1. The Morgan fingerprint density at radius 2 is 1.86 bits per heavy atom. The Hall–Kier alpha value is -2.51. The number of aliphatic hydroxyl groups is 2. The number of nitrogens with one attached hydrogen (secondary N) is 1. The largest absolute Gasteiger partial charge is 0.368 e. The zero-order chi connectivity index (χ0) is 15.4. The number of aromatic nitrogens is 2. The lowest BCUT2D eigenvalue weighted by molar-refractivity contribution is -0.0447. The van der Waals surface area contributed by atoms with E-state index in [0.29, 0.717) is 4.57 Å². The molecule has 0 amide bonds. The minimum Gasteiger partial charge on any atom is -0.368 e. The Morgan fingerprint density at radius 1 is 1.19 bits per heavy atom. The van der Waals surface area contributed by atoms with Crippen LogP contribution in [0.2, 0.25) is 0 Å². The summed E-state index contributed by atoms with van der Waals surface area (Å²) in [5.74, 6) is -0.728. The maximum absolute atomic E-state index is 12.2. The number of H-pyrrole nitrogens is 1. The first-order valence-corrected chi connectivity index (χ1v) is 6.30. The van der Waals surface area contributed by atoms with Crippen molar-refractivity contribution in [1.29, 1.82) is 0 Å². The molecule has 7 nitrogen and oxygen atoms in total. The van der Waals surface area contributed by atoms with Crippen molar-refractivity contribution in [3.05, 3.63) is 68.5 Å². The molecule has 0 unspecified atom stereocenters. The number of hydrogen-bond acceptors (Lipinski definition) is 5. The summed E-state index contributed by atoms with van der Waals surface area (Å²) >= 11 is 0. The van der Waals surface area contributed by atoms with Crippen LogP contribution in [-0.2, 0) is 6.42 Å². The van der Waals surface area contributed by atoms with Crippen molar-refractivity contribution in [3.8, 4) is 0 Å². The molecule has 1 heterocycles. The predicted molar refractivity (Wildman–Crippen MR) is 74.0 cm³/mol. The van der Waals surface area contributed by atoms with E-state index in [0.717, 1.165) is 0 Å². The van der Waals surface area contributed by atoms with Crippen LogP contribution in [0.1, 0.15) is 22.3 Å². The molecule has 7 heteroatoms. The number of hydrogen-bond donors (Lipinski definition) is 3. The first kappa shape index (κ1) is 14.9. The van der Waals surface area contributed by atoms with Crippen LogP contribution in [0.4, 0.5) is 0 Å². The number of carbonyl (C=O) groups is 1. The van der Waals surface area contributed by atoms with Crippen molar-refractivity contribution in [3.63, 3.8) is 0 Å². The first-order valence-electron chi connectivity index (χ1n) is 6.30. The molecule has 21 heavy (non-hydrogen) atoms. The minimum absolute atomic E-state index is 0.0371. The van der Waals surface area contributed by atoms with E-state index in [9.17, 15) is 14.4 Å². The van der Waals surface area contributed by atoms with E-state index in [-0.39, 0.29) is 24.0 Å². The van der Waals surface area contributed by atoms with Gasteiger partial charge in [-0.1, -0.05) is 18.2 Å². The lowest BCUT2D eigenvalue weighted by atomic mass is 10.1. The van der Waals surface area contributed by atoms with Gasteiger partial charge in [-0.25, -0.2) is 4.79 Å². The van der Waals surface area contributed by atoms with Gasteiger partial charge in [-0.2, -0.15) is 4.57 Å². The Bertz CT molecular complexity index is 746. The van der Waals surface area contributed by atoms with Gasteiger partial charge in [0.05, 0.1) is 0 Å². The van der Waals surface area contributed by atoms with Crippen molar-refractivity contribution < 1.29 is 15.0 Å². The fourth-order valence-electron chi connectivity index (χ4n) is 1.87. The molecule has 0 saturated heterocycles. The van der Waals surface area contributed by atoms with Gasteiger partial charge in [0, 0.05) is 23.7 Å². The highest BCUT2D eigenvalue weighted by molar-refractivity contribution is 5.95. The number of aryl methyl sites for hydroxylation is 1. The van der Waals surface area contributed by atoms with E-state index in [2.05, 4.69) is 4.98 Å². The van der Waals surface area contributed by atoms with E-state index in [1.165, 1.54) is 18.3 Å². The van der Waals surface area contributed by atoms with E-state index in [1.807, 2.05) is 0 Å². The predicted octanol–water partition coefficient (Wildman–Crippen LogP) is -0.532. The monoisotopic (exact) mass is 290 g/mol. The molecule has 0 atom stereocenters. The smallest absolute Gasteiger partial charge is 0.335 e. The summed E-state index contributed by atoms with van der Waals surface area (Å²) < 4.78 is 0.508. The SMILES string of the molecule is O=C(c1ccccc1)n1c(=O)[nH]cc(CCC(O)O)c1=O. The molecule has 0 aliphatic carbocycles. The Balaban J connectivity index is 2.44. The average molecular weight is 290 g/mol. The second-order valence-corrected chi connectivity index (χ2v) is 4.45. The van der Waals surface area contributed by atoms with Crippen LogP contribution in [0.25, 0.3) is 0 Å². The molecule has 3 N–H and O–H groups in total. The Morgan fingerprint density at radius 3 is 2.48 bits per heavy atom. The van der Waals surface area contributed by atoms with Gasteiger partial charge in [0.1, 0.15) is 0 Å². The molecule has 1 aromatic carbocycles. The van der Waals surface area contributed by atoms with Gasteiger partial charge in [-0.15, -0.1) is 0 Å². The van der Waals surface area contributed by atoms with E-state index >= 15 is 0 Å². The molecular formula is C14H14N2O5. The molecular weight excluding hydrogens is 276 g/mol. The fraction of sp³-hybridized carbons (Fsp3) is 0.214. The Kier molecular flexibility index (Phi) is 4.46. The van der Waals surface area contributed by atoms with Crippen LogP contribution < -0.4 is 11.2 Å². The zero-order valence-electron chi connectivity index (χ0n) is 11.0. The van der Waals surface area contributed by atoms with E-state index in [1.54, 1.807) is 18.2 Å². The molecule has 110 valence electrons. The van der Waals surface area contributed by atoms with Crippen LogP contribution in [-0.4, -0.2) is 32.0 Å². The quantitative estimate of drug-likeness (QED) is 0.655. The van der Waals surface area contributed by atoms with Crippen molar-refractivity contribution in [1.82, 2.24) is 9.55 Å².